The van der Waals surface area contributed by atoms with Crippen molar-refractivity contribution in [2.24, 2.45) is 7.05 Å². The van der Waals surface area contributed by atoms with Gasteiger partial charge in [-0.2, -0.15) is 5.10 Å². The van der Waals surface area contributed by atoms with Crippen LogP contribution in [0.4, 0.5) is 0 Å². The molecule has 1 fully saturated rings. The van der Waals surface area contributed by atoms with Crippen LogP contribution in [0.1, 0.15) is 52.4 Å². The highest BCUT2D eigenvalue weighted by atomic mass is 16.3. The Morgan fingerprint density at radius 1 is 1.12 bits per heavy atom. The van der Waals surface area contributed by atoms with Gasteiger partial charge >= 0.3 is 0 Å². The number of aryl methyl sites for hydroxylation is 2. The Morgan fingerprint density at radius 2 is 1.88 bits per heavy atom. The van der Waals surface area contributed by atoms with Crippen molar-refractivity contribution in [1.29, 1.82) is 0 Å². The molecule has 3 aromatic rings. The highest BCUT2D eigenvalue weighted by Crippen LogP contribution is 2.34. The van der Waals surface area contributed by atoms with E-state index < -0.39 is 12.0 Å². The Bertz CT molecular complexity index is 1270. The maximum atomic E-state index is 13.1. The maximum absolute atomic E-state index is 13.1. The second-order valence-electron chi connectivity index (χ2n) is 9.38. The number of ketones is 1. The molecule has 1 unspecified atom stereocenters. The van der Waals surface area contributed by atoms with E-state index in [2.05, 4.69) is 34.7 Å². The average Bonchev–Trinajstić information content (AvgIpc) is 3.39. The van der Waals surface area contributed by atoms with Gasteiger partial charge in [0, 0.05) is 30.3 Å². The number of Topliss-reactive ketones (excluding diaryl/α,β-unsaturated/α-hetero) is 1. The standard InChI is InChI=1S/C28H29N3O3/c1-17-24(16-31(2)30-17)19-12-10-18(11-13-19)14-20-15-23(27(33)22-7-4-3-6-21(20)22)28(34)29-25-8-5-9-26(25)32/h3-4,6-7,10-13,15-16,20,25-26,32H,5,8-9,14H2,1-2H3,(H,29,34)/t20?,25-,26-/m0/s1. The molecule has 2 aromatic carbocycles. The molecule has 34 heavy (non-hydrogen) atoms. The molecule has 6 nitrogen and oxygen atoms in total. The molecule has 3 atom stereocenters. The zero-order valence-electron chi connectivity index (χ0n) is 19.5. The van der Waals surface area contributed by atoms with Crippen LogP contribution in [0.5, 0.6) is 0 Å². The molecule has 1 aromatic heterocycles. The summed E-state index contributed by atoms with van der Waals surface area (Å²) in [5.74, 6) is -0.730. The normalized spacial score (nSPS) is 21.8. The Labute approximate surface area is 199 Å². The van der Waals surface area contributed by atoms with Gasteiger partial charge in [-0.05, 0) is 49.3 Å². The van der Waals surface area contributed by atoms with Gasteiger partial charge in [-0.3, -0.25) is 14.3 Å². The number of hydrogen-bond acceptors (Lipinski definition) is 4. The van der Waals surface area contributed by atoms with Crippen molar-refractivity contribution < 1.29 is 14.7 Å². The van der Waals surface area contributed by atoms with Gasteiger partial charge < -0.3 is 10.4 Å². The first-order valence-corrected chi connectivity index (χ1v) is 11.8. The van der Waals surface area contributed by atoms with E-state index in [9.17, 15) is 14.7 Å². The fourth-order valence-corrected chi connectivity index (χ4v) is 5.20. The van der Waals surface area contributed by atoms with Gasteiger partial charge in [0.1, 0.15) is 0 Å². The number of amides is 1. The molecule has 1 heterocycles. The number of rotatable bonds is 5. The molecule has 0 spiro atoms. The van der Waals surface area contributed by atoms with Gasteiger partial charge in [-0.15, -0.1) is 0 Å². The first kappa shape index (κ1) is 22.3. The van der Waals surface area contributed by atoms with E-state index >= 15 is 0 Å². The predicted octanol–water partition coefficient (Wildman–Crippen LogP) is 3.87. The van der Waals surface area contributed by atoms with Gasteiger partial charge in [0.25, 0.3) is 5.91 Å². The summed E-state index contributed by atoms with van der Waals surface area (Å²) in [5.41, 5.74) is 6.02. The van der Waals surface area contributed by atoms with Crippen molar-refractivity contribution in [3.8, 4) is 11.1 Å². The smallest absolute Gasteiger partial charge is 0.255 e. The number of hydrogen-bond donors (Lipinski definition) is 2. The van der Waals surface area contributed by atoms with Gasteiger partial charge in [0.15, 0.2) is 5.78 Å². The number of nitrogens with zero attached hydrogens (tertiary/aromatic N) is 2. The molecule has 6 heteroatoms. The van der Waals surface area contributed by atoms with Crippen molar-refractivity contribution >= 4 is 11.7 Å². The van der Waals surface area contributed by atoms with Crippen LogP contribution in [-0.4, -0.2) is 38.7 Å². The monoisotopic (exact) mass is 455 g/mol. The van der Waals surface area contributed by atoms with Crippen LogP contribution in [0.15, 0.2) is 66.4 Å². The van der Waals surface area contributed by atoms with Crippen LogP contribution >= 0.6 is 0 Å². The molecule has 174 valence electrons. The number of carbonyl (C=O) groups is 2. The van der Waals surface area contributed by atoms with Crippen LogP contribution in [0.25, 0.3) is 11.1 Å². The SMILES string of the molecule is Cc1nn(C)cc1-c1ccc(CC2C=C(C(=O)N[C@H]3CCC[C@@H]3O)C(=O)c3ccccc32)cc1. The van der Waals surface area contributed by atoms with E-state index in [0.717, 1.165) is 40.8 Å². The summed E-state index contributed by atoms with van der Waals surface area (Å²) in [4.78, 5) is 26.2. The van der Waals surface area contributed by atoms with Crippen molar-refractivity contribution in [2.45, 2.75) is 50.7 Å². The summed E-state index contributed by atoms with van der Waals surface area (Å²) < 4.78 is 1.82. The van der Waals surface area contributed by atoms with Crippen molar-refractivity contribution in [2.75, 3.05) is 0 Å². The summed E-state index contributed by atoms with van der Waals surface area (Å²) >= 11 is 0. The molecular formula is C28H29N3O3. The van der Waals surface area contributed by atoms with Crippen LogP contribution in [0.3, 0.4) is 0 Å². The van der Waals surface area contributed by atoms with Gasteiger partial charge in [-0.25, -0.2) is 0 Å². The fraction of sp³-hybridized carbons (Fsp3) is 0.321. The predicted molar refractivity (Wildman–Crippen MR) is 130 cm³/mol. The van der Waals surface area contributed by atoms with E-state index in [1.165, 1.54) is 0 Å². The topological polar surface area (TPSA) is 84.2 Å². The Balaban J connectivity index is 1.41. The molecule has 2 N–H and O–H groups in total. The Kier molecular flexibility index (Phi) is 5.92. The summed E-state index contributed by atoms with van der Waals surface area (Å²) in [6.07, 6.45) is 6.24. The maximum Gasteiger partial charge on any atom is 0.255 e. The number of benzene rings is 2. The molecule has 5 rings (SSSR count). The first-order chi connectivity index (χ1) is 16.4. The zero-order valence-corrected chi connectivity index (χ0v) is 19.5. The average molecular weight is 456 g/mol. The summed E-state index contributed by atoms with van der Waals surface area (Å²) in [5, 5.41) is 17.4. The molecular weight excluding hydrogens is 426 g/mol. The number of aliphatic hydroxyl groups excluding tert-OH is 1. The third kappa shape index (κ3) is 4.21. The van der Waals surface area contributed by atoms with Crippen molar-refractivity contribution in [3.63, 3.8) is 0 Å². The van der Waals surface area contributed by atoms with Crippen molar-refractivity contribution in [1.82, 2.24) is 15.1 Å². The lowest BCUT2D eigenvalue weighted by molar-refractivity contribution is -0.118. The minimum atomic E-state index is -0.548. The number of nitrogens with one attached hydrogen (secondary N) is 1. The molecule has 1 saturated carbocycles. The number of aromatic nitrogens is 2. The highest BCUT2D eigenvalue weighted by Gasteiger charge is 2.33. The third-order valence-electron chi connectivity index (χ3n) is 6.99. The lowest BCUT2D eigenvalue weighted by Crippen LogP contribution is -2.42. The lowest BCUT2D eigenvalue weighted by Gasteiger charge is -2.25. The van der Waals surface area contributed by atoms with E-state index in [-0.39, 0.29) is 23.3 Å². The summed E-state index contributed by atoms with van der Waals surface area (Å²) in [6.45, 7) is 2.00. The van der Waals surface area contributed by atoms with Gasteiger partial charge in [0.2, 0.25) is 0 Å². The minimum absolute atomic E-state index is 0.0888. The van der Waals surface area contributed by atoms with E-state index in [4.69, 9.17) is 0 Å². The minimum Gasteiger partial charge on any atom is -0.391 e. The van der Waals surface area contributed by atoms with E-state index in [0.29, 0.717) is 18.4 Å². The Morgan fingerprint density at radius 3 is 2.56 bits per heavy atom. The molecule has 2 aliphatic rings. The van der Waals surface area contributed by atoms with E-state index in [1.54, 1.807) is 12.1 Å². The first-order valence-electron chi connectivity index (χ1n) is 11.8. The molecule has 2 aliphatic carbocycles. The van der Waals surface area contributed by atoms with Crippen LogP contribution in [0, 0.1) is 6.92 Å². The summed E-state index contributed by atoms with van der Waals surface area (Å²) in [6, 6.07) is 15.6. The third-order valence-corrected chi connectivity index (χ3v) is 6.99. The molecule has 0 saturated heterocycles. The number of aliphatic hydroxyl groups is 1. The second-order valence-corrected chi connectivity index (χ2v) is 9.38. The van der Waals surface area contributed by atoms with E-state index in [1.807, 2.05) is 43.0 Å². The van der Waals surface area contributed by atoms with Gasteiger partial charge in [-0.1, -0.05) is 54.6 Å². The zero-order chi connectivity index (χ0) is 23.8. The number of fused-ring (bicyclic) bond motifs is 1. The largest absolute Gasteiger partial charge is 0.391 e. The lowest BCUT2D eigenvalue weighted by atomic mass is 9.80. The van der Waals surface area contributed by atoms with Crippen LogP contribution in [0.2, 0.25) is 0 Å². The second kappa shape index (κ2) is 9.03. The summed E-state index contributed by atoms with van der Waals surface area (Å²) in [7, 11) is 1.92. The van der Waals surface area contributed by atoms with Crippen LogP contribution < -0.4 is 5.32 Å². The molecule has 1 amide bonds. The number of allylic oxidation sites excluding steroid dienone is 1. The van der Waals surface area contributed by atoms with Crippen molar-refractivity contribution in [3.05, 3.63) is 88.8 Å². The quantitative estimate of drug-likeness (QED) is 0.572. The fourth-order valence-electron chi connectivity index (χ4n) is 5.20. The molecule has 0 bridgehead atoms. The Hall–Kier alpha value is -3.51. The number of carbonyl (C=O) groups excluding carboxylic acids is 2. The van der Waals surface area contributed by atoms with Crippen LogP contribution in [-0.2, 0) is 18.3 Å². The molecule has 0 radical (unpaired) electrons. The highest BCUT2D eigenvalue weighted by molar-refractivity contribution is 6.27. The molecule has 0 aliphatic heterocycles. The van der Waals surface area contributed by atoms with Gasteiger partial charge in [0.05, 0.1) is 23.4 Å².